The van der Waals surface area contributed by atoms with E-state index in [-0.39, 0.29) is 23.8 Å². The number of hydrogen-bond donors (Lipinski definition) is 0. The van der Waals surface area contributed by atoms with Gasteiger partial charge >= 0.3 is 6.03 Å². The number of fused-ring (bicyclic) bond motifs is 2. The Morgan fingerprint density at radius 2 is 1.84 bits per heavy atom. The summed E-state index contributed by atoms with van der Waals surface area (Å²) in [5.74, 6) is 0.0245. The Balaban J connectivity index is 1.06. The number of likely N-dealkylation sites (tertiary alicyclic amines) is 1. The van der Waals surface area contributed by atoms with Crippen molar-refractivity contribution in [1.82, 2.24) is 19.9 Å². The second-order valence-electron chi connectivity index (χ2n) is 9.41. The Bertz CT molecular complexity index is 985. The second kappa shape index (κ2) is 9.17. The topological polar surface area (TPSA) is 69.9 Å². The van der Waals surface area contributed by atoms with Crippen LogP contribution in [0.5, 0.6) is 0 Å². The summed E-state index contributed by atoms with van der Waals surface area (Å²) in [5, 5.41) is 5.14. The molecule has 3 fully saturated rings. The lowest BCUT2D eigenvalue weighted by Crippen LogP contribution is -2.58. The molecule has 0 radical (unpaired) electrons. The second-order valence-corrected chi connectivity index (χ2v) is 9.41. The Kier molecular flexibility index (Phi) is 6.13. The maximum absolute atomic E-state index is 13.4. The normalized spacial score (nSPS) is 23.2. The van der Waals surface area contributed by atoms with Gasteiger partial charge < -0.3 is 14.3 Å². The lowest BCUT2D eigenvalue weighted by Gasteiger charge is -2.42. The van der Waals surface area contributed by atoms with Gasteiger partial charge in [-0.05, 0) is 76.7 Å². The molecule has 3 aliphatic rings. The quantitative estimate of drug-likeness (QED) is 0.629. The van der Waals surface area contributed by atoms with Crippen LogP contribution in [0.3, 0.4) is 0 Å². The molecule has 1 unspecified atom stereocenters. The van der Waals surface area contributed by atoms with Crippen LogP contribution in [0.25, 0.3) is 11.0 Å². The molecule has 3 aliphatic heterocycles. The number of piperidine rings is 2. The van der Waals surface area contributed by atoms with Gasteiger partial charge in [0.15, 0.2) is 5.58 Å². The first-order valence-corrected chi connectivity index (χ1v) is 12.0. The van der Waals surface area contributed by atoms with Gasteiger partial charge in [0.2, 0.25) is 5.91 Å². The summed E-state index contributed by atoms with van der Waals surface area (Å²) in [6.45, 7) is 4.26. The average Bonchev–Trinajstić information content (AvgIpc) is 3.22. The Labute approximate surface area is 187 Å². The van der Waals surface area contributed by atoms with E-state index in [4.69, 9.17) is 4.52 Å². The molecule has 4 heterocycles. The first-order valence-electron chi connectivity index (χ1n) is 12.0. The molecule has 0 saturated carbocycles. The maximum Gasteiger partial charge on any atom is 0.326 e. The molecular weight excluding hydrogens is 411 g/mol. The molecule has 0 bridgehead atoms. The van der Waals surface area contributed by atoms with Crippen LogP contribution in [0.1, 0.15) is 63.0 Å². The van der Waals surface area contributed by atoms with Crippen LogP contribution in [-0.4, -0.2) is 70.6 Å². The van der Waals surface area contributed by atoms with E-state index in [0.717, 1.165) is 82.2 Å². The predicted molar refractivity (Wildman–Crippen MR) is 118 cm³/mol. The molecule has 8 heteroatoms. The summed E-state index contributed by atoms with van der Waals surface area (Å²) in [4.78, 5) is 31.0. The Hall–Kier alpha value is -2.48. The number of urea groups is 1. The molecule has 0 spiro atoms. The van der Waals surface area contributed by atoms with E-state index in [9.17, 15) is 14.0 Å². The third kappa shape index (κ3) is 4.25. The van der Waals surface area contributed by atoms with Gasteiger partial charge in [0, 0.05) is 42.9 Å². The van der Waals surface area contributed by atoms with Crippen molar-refractivity contribution >= 4 is 22.9 Å². The fraction of sp³-hybridized carbons (Fsp3) is 0.625. The van der Waals surface area contributed by atoms with Gasteiger partial charge in [0.05, 0.1) is 5.69 Å². The Morgan fingerprint density at radius 3 is 2.69 bits per heavy atom. The van der Waals surface area contributed by atoms with Gasteiger partial charge in [-0.15, -0.1) is 0 Å². The highest BCUT2D eigenvalue weighted by Gasteiger charge is 2.39. The van der Waals surface area contributed by atoms with Gasteiger partial charge in [0.1, 0.15) is 5.82 Å². The van der Waals surface area contributed by atoms with E-state index in [2.05, 4.69) is 10.1 Å². The zero-order valence-electron chi connectivity index (χ0n) is 18.5. The van der Waals surface area contributed by atoms with Crippen molar-refractivity contribution in [2.45, 2.75) is 63.3 Å². The molecule has 1 atom stereocenters. The van der Waals surface area contributed by atoms with Crippen molar-refractivity contribution in [1.29, 1.82) is 0 Å². The summed E-state index contributed by atoms with van der Waals surface area (Å²) in [6, 6.07) is 4.66. The molecule has 0 aliphatic carbocycles. The highest BCUT2D eigenvalue weighted by atomic mass is 19.1. The minimum atomic E-state index is -0.307. The van der Waals surface area contributed by atoms with Gasteiger partial charge in [-0.2, -0.15) is 0 Å². The maximum atomic E-state index is 13.4. The number of amides is 3. The predicted octanol–water partition coefficient (Wildman–Crippen LogP) is 4.13. The minimum absolute atomic E-state index is 0.00122. The van der Waals surface area contributed by atoms with E-state index in [1.165, 1.54) is 17.0 Å². The lowest BCUT2D eigenvalue weighted by atomic mass is 9.91. The summed E-state index contributed by atoms with van der Waals surface area (Å²) in [5.41, 5.74) is 1.46. The molecular formula is C24H31FN4O3. The van der Waals surface area contributed by atoms with E-state index in [1.54, 1.807) is 6.07 Å². The van der Waals surface area contributed by atoms with Gasteiger partial charge in [0.25, 0.3) is 0 Å². The molecule has 2 aromatic rings. The SMILES string of the molecule is O=C1CC2CCCCN2C(=O)N1CCCCN1CCC(c2noc3cc(F)ccc23)CC1. The monoisotopic (exact) mass is 442 g/mol. The number of rotatable bonds is 6. The lowest BCUT2D eigenvalue weighted by molar-refractivity contribution is -0.133. The number of carbonyl (C=O) groups is 2. The van der Waals surface area contributed by atoms with Crippen LogP contribution in [0.4, 0.5) is 9.18 Å². The highest BCUT2D eigenvalue weighted by Crippen LogP contribution is 2.33. The van der Waals surface area contributed by atoms with Crippen LogP contribution in [0.15, 0.2) is 22.7 Å². The number of hydrogen-bond acceptors (Lipinski definition) is 5. The summed E-state index contributed by atoms with van der Waals surface area (Å²) in [7, 11) is 0. The molecule has 5 rings (SSSR count). The van der Waals surface area contributed by atoms with E-state index >= 15 is 0 Å². The largest absolute Gasteiger partial charge is 0.356 e. The summed E-state index contributed by atoms with van der Waals surface area (Å²) >= 11 is 0. The standard InChI is InChI=1S/C24H31FN4O3/c25-18-6-7-20-21(15-18)32-26-23(20)17-8-13-27(14-9-17)10-3-4-12-29-22(30)16-19-5-1-2-11-28(19)24(29)31/h6-7,15,17,19H,1-5,8-14,16H2. The van der Waals surface area contributed by atoms with Crippen molar-refractivity contribution in [3.8, 4) is 0 Å². The van der Waals surface area contributed by atoms with Crippen LogP contribution < -0.4 is 0 Å². The van der Waals surface area contributed by atoms with E-state index in [1.807, 2.05) is 4.90 Å². The van der Waals surface area contributed by atoms with Crippen LogP contribution in [0, 0.1) is 5.82 Å². The van der Waals surface area contributed by atoms with Crippen LogP contribution in [0.2, 0.25) is 0 Å². The number of benzene rings is 1. The van der Waals surface area contributed by atoms with Gasteiger partial charge in [-0.25, -0.2) is 9.18 Å². The zero-order chi connectivity index (χ0) is 22.1. The number of aromatic nitrogens is 1. The fourth-order valence-electron chi connectivity index (χ4n) is 5.52. The molecule has 3 amide bonds. The number of carbonyl (C=O) groups excluding carboxylic acids is 2. The van der Waals surface area contributed by atoms with Gasteiger partial charge in [-0.1, -0.05) is 5.16 Å². The number of halogens is 1. The van der Waals surface area contributed by atoms with Crippen LogP contribution >= 0.6 is 0 Å². The molecule has 1 aromatic carbocycles. The summed E-state index contributed by atoms with van der Waals surface area (Å²) < 4.78 is 18.7. The average molecular weight is 443 g/mol. The fourth-order valence-corrected chi connectivity index (χ4v) is 5.52. The molecule has 0 N–H and O–H groups in total. The van der Waals surface area contributed by atoms with Crippen molar-refractivity contribution < 1.29 is 18.5 Å². The van der Waals surface area contributed by atoms with E-state index < -0.39 is 0 Å². The Morgan fingerprint density at radius 1 is 1.03 bits per heavy atom. The number of nitrogens with zero attached hydrogens (tertiary/aromatic N) is 4. The highest BCUT2D eigenvalue weighted by molar-refractivity contribution is 5.97. The smallest absolute Gasteiger partial charge is 0.326 e. The van der Waals surface area contributed by atoms with Crippen molar-refractivity contribution in [2.75, 3.05) is 32.7 Å². The molecule has 1 aromatic heterocycles. The number of unbranched alkanes of at least 4 members (excludes halogenated alkanes) is 1. The minimum Gasteiger partial charge on any atom is -0.356 e. The zero-order valence-corrected chi connectivity index (χ0v) is 18.5. The third-order valence-electron chi connectivity index (χ3n) is 7.36. The van der Waals surface area contributed by atoms with Crippen molar-refractivity contribution in [2.24, 2.45) is 0 Å². The first kappa shape index (κ1) is 21.4. The number of imide groups is 1. The summed E-state index contributed by atoms with van der Waals surface area (Å²) in [6.07, 6.45) is 7.42. The molecule has 32 heavy (non-hydrogen) atoms. The molecule has 7 nitrogen and oxygen atoms in total. The van der Waals surface area contributed by atoms with Gasteiger partial charge in [-0.3, -0.25) is 9.69 Å². The third-order valence-corrected chi connectivity index (χ3v) is 7.36. The molecule has 3 saturated heterocycles. The van der Waals surface area contributed by atoms with Crippen molar-refractivity contribution in [3.63, 3.8) is 0 Å². The molecule has 172 valence electrons. The van der Waals surface area contributed by atoms with Crippen LogP contribution in [-0.2, 0) is 4.79 Å². The van der Waals surface area contributed by atoms with E-state index in [0.29, 0.717) is 24.5 Å². The van der Waals surface area contributed by atoms with Crippen molar-refractivity contribution in [3.05, 3.63) is 29.7 Å². The first-order chi connectivity index (χ1) is 15.6.